The van der Waals surface area contributed by atoms with E-state index >= 15 is 0 Å². The summed E-state index contributed by atoms with van der Waals surface area (Å²) >= 11 is -1.18. The zero-order valence-electron chi connectivity index (χ0n) is 10.6. The van der Waals surface area contributed by atoms with Gasteiger partial charge in [0.15, 0.2) is 0 Å². The summed E-state index contributed by atoms with van der Waals surface area (Å²) in [5, 5.41) is 1.02. The normalized spacial score (nSPS) is 12.1. The molecule has 0 saturated heterocycles. The standard InChI is InChI=1S/C11H20GeO3Si/c1-12(2)10-6-8-11(9-7-10)16(13-3,14-4)15-5/h6-9,12H,1-5H3. The minimum atomic E-state index is -2.63. The molecule has 3 nitrogen and oxygen atoms in total. The molecule has 0 aromatic heterocycles. The SMILES string of the molecule is CO[Si](OC)(OC)c1cc[c]([GeH]([CH3])[CH3])cc1. The third-order valence-corrected chi connectivity index (χ3v) is 8.99. The molecule has 0 spiro atoms. The Morgan fingerprint density at radius 3 is 1.62 bits per heavy atom. The molecule has 5 heteroatoms. The van der Waals surface area contributed by atoms with Gasteiger partial charge in [-0.25, -0.2) is 0 Å². The van der Waals surface area contributed by atoms with E-state index < -0.39 is 23.2 Å². The molecule has 0 aliphatic rings. The van der Waals surface area contributed by atoms with E-state index in [0.717, 1.165) is 5.19 Å². The van der Waals surface area contributed by atoms with Crippen molar-refractivity contribution in [2.24, 2.45) is 0 Å². The van der Waals surface area contributed by atoms with Gasteiger partial charge in [-0.1, -0.05) is 0 Å². The predicted octanol–water partition coefficient (Wildman–Crippen LogP) is 0.465. The quantitative estimate of drug-likeness (QED) is 0.740. The van der Waals surface area contributed by atoms with Gasteiger partial charge in [0.05, 0.1) is 0 Å². The van der Waals surface area contributed by atoms with Gasteiger partial charge in [-0.15, -0.1) is 0 Å². The molecule has 0 heterocycles. The molecule has 1 aromatic rings. The molecule has 0 aliphatic heterocycles. The molecule has 0 saturated carbocycles. The number of benzene rings is 1. The Balaban J connectivity index is 3.03. The Kier molecular flexibility index (Phi) is 5.20. The van der Waals surface area contributed by atoms with Crippen LogP contribution in [0.1, 0.15) is 0 Å². The molecule has 0 bridgehead atoms. The number of rotatable bonds is 5. The maximum atomic E-state index is 5.43. The van der Waals surface area contributed by atoms with Crippen LogP contribution in [0.2, 0.25) is 11.5 Å². The van der Waals surface area contributed by atoms with E-state index in [1.165, 1.54) is 4.40 Å². The molecule has 0 radical (unpaired) electrons. The van der Waals surface area contributed by atoms with E-state index in [9.17, 15) is 0 Å². The molecular formula is C11H20GeO3Si. The third-order valence-electron chi connectivity index (χ3n) is 2.74. The van der Waals surface area contributed by atoms with E-state index in [-0.39, 0.29) is 0 Å². The van der Waals surface area contributed by atoms with Crippen LogP contribution in [-0.2, 0) is 13.3 Å². The van der Waals surface area contributed by atoms with Crippen LogP contribution in [0, 0.1) is 0 Å². The second-order valence-corrected chi connectivity index (χ2v) is 13.1. The summed E-state index contributed by atoms with van der Waals surface area (Å²) in [4.78, 5) is 0. The van der Waals surface area contributed by atoms with E-state index in [2.05, 4.69) is 35.8 Å². The van der Waals surface area contributed by atoms with Crippen LogP contribution in [0.15, 0.2) is 24.3 Å². The van der Waals surface area contributed by atoms with Crippen molar-refractivity contribution in [3.63, 3.8) is 0 Å². The molecule has 90 valence electrons. The molecule has 16 heavy (non-hydrogen) atoms. The topological polar surface area (TPSA) is 27.7 Å². The fourth-order valence-corrected chi connectivity index (χ4v) is 5.48. The summed E-state index contributed by atoms with van der Waals surface area (Å²) in [5.41, 5.74) is 0. The van der Waals surface area contributed by atoms with Crippen LogP contribution in [-0.4, -0.2) is 44.5 Å². The first-order chi connectivity index (χ1) is 7.59. The molecule has 0 unspecified atom stereocenters. The van der Waals surface area contributed by atoms with Gasteiger partial charge in [-0.3, -0.25) is 0 Å². The van der Waals surface area contributed by atoms with Crippen molar-refractivity contribution in [1.29, 1.82) is 0 Å². The fourth-order valence-electron chi connectivity index (χ4n) is 1.68. The third kappa shape index (κ3) is 2.75. The maximum absolute atomic E-state index is 5.43. The van der Waals surface area contributed by atoms with Gasteiger partial charge in [0.2, 0.25) is 0 Å². The Morgan fingerprint density at radius 1 is 0.875 bits per heavy atom. The van der Waals surface area contributed by atoms with Gasteiger partial charge in [-0.2, -0.15) is 0 Å². The van der Waals surface area contributed by atoms with Crippen molar-refractivity contribution in [2.75, 3.05) is 21.3 Å². The second kappa shape index (κ2) is 5.97. The van der Waals surface area contributed by atoms with Crippen molar-refractivity contribution in [3.05, 3.63) is 24.3 Å². The van der Waals surface area contributed by atoms with Crippen LogP contribution in [0.3, 0.4) is 0 Å². The average Bonchev–Trinajstić information content (AvgIpc) is 2.33. The van der Waals surface area contributed by atoms with Crippen LogP contribution in [0.5, 0.6) is 0 Å². The summed E-state index contributed by atoms with van der Waals surface area (Å²) in [5.74, 6) is 4.71. The Bertz CT molecular complexity index is 314. The molecule has 0 aliphatic carbocycles. The van der Waals surface area contributed by atoms with Gasteiger partial charge in [0.1, 0.15) is 0 Å². The van der Waals surface area contributed by atoms with E-state index in [4.69, 9.17) is 13.3 Å². The molecule has 0 atom stereocenters. The van der Waals surface area contributed by atoms with Crippen molar-refractivity contribution < 1.29 is 13.3 Å². The Labute approximate surface area is 103 Å². The Morgan fingerprint density at radius 2 is 1.31 bits per heavy atom. The number of hydrogen-bond donors (Lipinski definition) is 0. The van der Waals surface area contributed by atoms with Crippen molar-refractivity contribution in [1.82, 2.24) is 0 Å². The molecule has 0 N–H and O–H groups in total. The van der Waals surface area contributed by atoms with Gasteiger partial charge >= 0.3 is 103 Å². The fraction of sp³-hybridized carbons (Fsp3) is 0.455. The zero-order chi connectivity index (χ0) is 12.2. The second-order valence-electron chi connectivity index (χ2n) is 3.95. The first-order valence-electron chi connectivity index (χ1n) is 5.35. The Hall–Kier alpha value is -0.140. The summed E-state index contributed by atoms with van der Waals surface area (Å²) in [6.45, 7) is 0. The first-order valence-corrected chi connectivity index (χ1v) is 13.1. The van der Waals surface area contributed by atoms with Crippen LogP contribution in [0.25, 0.3) is 0 Å². The molecule has 1 rings (SSSR count). The van der Waals surface area contributed by atoms with Crippen molar-refractivity contribution >= 4 is 32.7 Å². The zero-order valence-corrected chi connectivity index (χ0v) is 14.0. The van der Waals surface area contributed by atoms with Crippen molar-refractivity contribution in [3.8, 4) is 0 Å². The summed E-state index contributed by atoms with van der Waals surface area (Å²) in [6, 6.07) is 8.50. The van der Waals surface area contributed by atoms with Crippen LogP contribution in [0.4, 0.5) is 0 Å². The molecule has 1 aromatic carbocycles. The van der Waals surface area contributed by atoms with Gasteiger partial charge < -0.3 is 0 Å². The van der Waals surface area contributed by atoms with E-state index in [0.29, 0.717) is 0 Å². The van der Waals surface area contributed by atoms with E-state index in [1.54, 1.807) is 21.3 Å². The molecule has 0 fully saturated rings. The number of hydrogen-bond acceptors (Lipinski definition) is 3. The average molecular weight is 301 g/mol. The summed E-state index contributed by atoms with van der Waals surface area (Å²) in [6.07, 6.45) is 0. The van der Waals surface area contributed by atoms with Gasteiger partial charge in [0.25, 0.3) is 0 Å². The molecular weight excluding hydrogens is 281 g/mol. The van der Waals surface area contributed by atoms with Crippen LogP contribution >= 0.6 is 0 Å². The monoisotopic (exact) mass is 302 g/mol. The van der Waals surface area contributed by atoms with Crippen LogP contribution < -0.4 is 9.58 Å². The van der Waals surface area contributed by atoms with Crippen molar-refractivity contribution in [2.45, 2.75) is 11.5 Å². The predicted molar refractivity (Wildman–Crippen MR) is 71.4 cm³/mol. The minimum absolute atomic E-state index is 1.02. The van der Waals surface area contributed by atoms with Gasteiger partial charge in [-0.05, 0) is 0 Å². The van der Waals surface area contributed by atoms with E-state index in [1.807, 2.05) is 0 Å². The first kappa shape index (κ1) is 13.9. The van der Waals surface area contributed by atoms with Gasteiger partial charge in [0, 0.05) is 0 Å². The summed E-state index contributed by atoms with van der Waals surface area (Å²) in [7, 11) is 2.27. The molecule has 0 amide bonds. The summed E-state index contributed by atoms with van der Waals surface area (Å²) < 4.78 is 17.8.